The zero-order chi connectivity index (χ0) is 11.7. The molecule has 3 rings (SSSR count). The molecule has 17 heavy (non-hydrogen) atoms. The van der Waals surface area contributed by atoms with E-state index in [2.05, 4.69) is 63.1 Å². The average Bonchev–Trinajstić information content (AvgIpc) is 3.02. The maximum Gasteiger partial charge on any atom is 0.0220 e. The zero-order valence-corrected chi connectivity index (χ0v) is 12.0. The van der Waals surface area contributed by atoms with Crippen LogP contribution < -0.4 is 0 Å². The Morgan fingerprint density at radius 2 is 2.06 bits per heavy atom. The molecule has 1 heterocycles. The predicted octanol–water partition coefficient (Wildman–Crippen LogP) is 4.86. The normalized spacial score (nSPS) is 24.5. The minimum atomic E-state index is 0.627. The molecular formula is C15H15BrS. The first-order chi connectivity index (χ1) is 8.34. The Labute approximate surface area is 115 Å². The van der Waals surface area contributed by atoms with Gasteiger partial charge in [0.25, 0.3) is 0 Å². The number of halogens is 1. The molecule has 1 fully saturated rings. The summed E-state index contributed by atoms with van der Waals surface area (Å²) in [5.74, 6) is 1.59. The van der Waals surface area contributed by atoms with Crippen LogP contribution in [-0.2, 0) is 6.42 Å². The summed E-state index contributed by atoms with van der Waals surface area (Å²) in [6.45, 7) is 0. The summed E-state index contributed by atoms with van der Waals surface area (Å²) >= 11 is 5.66. The Morgan fingerprint density at radius 1 is 1.24 bits per heavy atom. The van der Waals surface area contributed by atoms with Gasteiger partial charge in [-0.3, -0.25) is 0 Å². The van der Waals surface area contributed by atoms with Crippen molar-refractivity contribution >= 4 is 27.3 Å². The minimum Gasteiger partial charge on any atom is -0.152 e. The first-order valence-electron chi connectivity index (χ1n) is 6.04. The van der Waals surface area contributed by atoms with Crippen molar-refractivity contribution < 1.29 is 0 Å². The van der Waals surface area contributed by atoms with Gasteiger partial charge in [-0.05, 0) is 52.6 Å². The van der Waals surface area contributed by atoms with Crippen molar-refractivity contribution in [3.05, 3.63) is 58.3 Å². The van der Waals surface area contributed by atoms with Crippen LogP contribution in [0.15, 0.2) is 47.2 Å². The highest BCUT2D eigenvalue weighted by atomic mass is 79.9. The molecule has 0 N–H and O–H groups in total. The third kappa shape index (κ3) is 2.63. The van der Waals surface area contributed by atoms with E-state index >= 15 is 0 Å². The topological polar surface area (TPSA) is 0 Å². The maximum atomic E-state index is 3.87. The first-order valence-corrected chi connectivity index (χ1v) is 7.90. The molecule has 88 valence electrons. The molecule has 1 aliphatic carbocycles. The molecule has 0 spiro atoms. The van der Waals surface area contributed by atoms with E-state index in [1.54, 1.807) is 11.3 Å². The molecule has 1 saturated carbocycles. The van der Waals surface area contributed by atoms with E-state index in [1.165, 1.54) is 17.5 Å². The molecule has 0 radical (unpaired) electrons. The van der Waals surface area contributed by atoms with E-state index in [9.17, 15) is 0 Å². The largest absolute Gasteiger partial charge is 0.152 e. The van der Waals surface area contributed by atoms with Crippen LogP contribution in [0.1, 0.15) is 23.5 Å². The molecule has 2 aromatic rings. The summed E-state index contributed by atoms with van der Waals surface area (Å²) in [5.41, 5.74) is 2.97. The third-order valence-corrected chi connectivity index (χ3v) is 5.28. The van der Waals surface area contributed by atoms with Gasteiger partial charge in [-0.1, -0.05) is 46.3 Å². The van der Waals surface area contributed by atoms with Crippen molar-refractivity contribution in [1.29, 1.82) is 0 Å². The molecule has 3 unspecified atom stereocenters. The predicted molar refractivity (Wildman–Crippen MR) is 78.0 cm³/mol. The van der Waals surface area contributed by atoms with Gasteiger partial charge in [0.15, 0.2) is 0 Å². The molecule has 0 amide bonds. The second-order valence-corrected chi connectivity index (χ2v) is 6.72. The number of rotatable bonds is 4. The van der Waals surface area contributed by atoms with Crippen LogP contribution >= 0.6 is 27.3 Å². The number of hydrogen-bond acceptors (Lipinski definition) is 1. The highest BCUT2D eigenvalue weighted by Gasteiger charge is 2.42. The Hall–Kier alpha value is -0.600. The zero-order valence-electron chi connectivity index (χ0n) is 9.55. The van der Waals surface area contributed by atoms with Crippen LogP contribution in [0, 0.1) is 5.92 Å². The fourth-order valence-corrected chi connectivity index (χ4v) is 4.12. The Morgan fingerprint density at radius 3 is 2.76 bits per heavy atom. The van der Waals surface area contributed by atoms with Crippen LogP contribution in [0.25, 0.3) is 0 Å². The third-order valence-electron chi connectivity index (χ3n) is 3.54. The summed E-state index contributed by atoms with van der Waals surface area (Å²) in [6, 6.07) is 13.1. The van der Waals surface area contributed by atoms with E-state index in [4.69, 9.17) is 0 Å². The second kappa shape index (κ2) is 4.95. The van der Waals surface area contributed by atoms with Gasteiger partial charge in [-0.25, -0.2) is 0 Å². The molecule has 2 heteroatoms. The second-order valence-electron chi connectivity index (χ2n) is 4.77. The van der Waals surface area contributed by atoms with Gasteiger partial charge >= 0.3 is 0 Å². The Kier molecular flexibility index (Phi) is 3.34. The quantitative estimate of drug-likeness (QED) is 0.708. The molecular weight excluding hydrogens is 292 g/mol. The van der Waals surface area contributed by atoms with E-state index in [1.807, 2.05) is 0 Å². The fraction of sp³-hybridized carbons (Fsp3) is 0.333. The van der Waals surface area contributed by atoms with E-state index in [0.29, 0.717) is 4.83 Å². The SMILES string of the molecule is BrC(Cc1ccsc1)C1CC1c1ccccc1. The Balaban J connectivity index is 1.61. The summed E-state index contributed by atoms with van der Waals surface area (Å²) < 4.78 is 0. The van der Waals surface area contributed by atoms with Gasteiger partial charge in [0.05, 0.1) is 0 Å². The van der Waals surface area contributed by atoms with E-state index in [-0.39, 0.29) is 0 Å². The van der Waals surface area contributed by atoms with Crippen LogP contribution in [0.3, 0.4) is 0 Å². The number of thiophene rings is 1. The van der Waals surface area contributed by atoms with Gasteiger partial charge < -0.3 is 0 Å². The summed E-state index contributed by atoms with van der Waals surface area (Å²) in [4.78, 5) is 0.627. The standard InChI is InChI=1S/C15H15BrS/c16-15(8-11-6-7-17-10-11)14-9-13(14)12-4-2-1-3-5-12/h1-7,10,13-15H,8-9H2. The summed E-state index contributed by atoms with van der Waals surface area (Å²) in [6.07, 6.45) is 2.50. The summed E-state index contributed by atoms with van der Waals surface area (Å²) in [5, 5.41) is 4.42. The van der Waals surface area contributed by atoms with Crippen molar-refractivity contribution in [3.8, 4) is 0 Å². The van der Waals surface area contributed by atoms with Crippen LogP contribution in [0.5, 0.6) is 0 Å². The highest BCUT2D eigenvalue weighted by molar-refractivity contribution is 9.09. The molecule has 0 aliphatic heterocycles. The smallest absolute Gasteiger partial charge is 0.0220 e. The Bertz CT molecular complexity index is 463. The lowest BCUT2D eigenvalue weighted by atomic mass is 10.1. The van der Waals surface area contributed by atoms with Gasteiger partial charge in [0.1, 0.15) is 0 Å². The molecule has 1 aliphatic rings. The van der Waals surface area contributed by atoms with Crippen molar-refractivity contribution in [1.82, 2.24) is 0 Å². The van der Waals surface area contributed by atoms with Crippen LogP contribution in [0.4, 0.5) is 0 Å². The minimum absolute atomic E-state index is 0.627. The number of benzene rings is 1. The van der Waals surface area contributed by atoms with Gasteiger partial charge in [-0.2, -0.15) is 11.3 Å². The number of hydrogen-bond donors (Lipinski definition) is 0. The molecule has 1 aromatic heterocycles. The fourth-order valence-electron chi connectivity index (χ4n) is 2.48. The molecule has 1 aromatic carbocycles. The van der Waals surface area contributed by atoms with Crippen molar-refractivity contribution in [3.63, 3.8) is 0 Å². The molecule has 0 bridgehead atoms. The van der Waals surface area contributed by atoms with Crippen LogP contribution in [-0.4, -0.2) is 4.83 Å². The van der Waals surface area contributed by atoms with Crippen LogP contribution in [0.2, 0.25) is 0 Å². The summed E-state index contributed by atoms with van der Waals surface area (Å²) in [7, 11) is 0. The lowest BCUT2D eigenvalue weighted by Gasteiger charge is -2.08. The van der Waals surface area contributed by atoms with Gasteiger partial charge in [0, 0.05) is 4.83 Å². The monoisotopic (exact) mass is 306 g/mol. The first kappa shape index (κ1) is 11.5. The van der Waals surface area contributed by atoms with Gasteiger partial charge in [0.2, 0.25) is 0 Å². The average molecular weight is 307 g/mol. The van der Waals surface area contributed by atoms with Crippen molar-refractivity contribution in [2.24, 2.45) is 5.92 Å². The lowest BCUT2D eigenvalue weighted by Crippen LogP contribution is -2.05. The molecule has 0 nitrogen and oxygen atoms in total. The lowest BCUT2D eigenvalue weighted by molar-refractivity contribution is 0.736. The maximum absolute atomic E-state index is 3.87. The number of alkyl halides is 1. The highest BCUT2D eigenvalue weighted by Crippen LogP contribution is 2.52. The van der Waals surface area contributed by atoms with Gasteiger partial charge in [-0.15, -0.1) is 0 Å². The molecule has 0 saturated heterocycles. The van der Waals surface area contributed by atoms with E-state index < -0.39 is 0 Å². The van der Waals surface area contributed by atoms with E-state index in [0.717, 1.165) is 18.3 Å². The molecule has 3 atom stereocenters. The van der Waals surface area contributed by atoms with Crippen molar-refractivity contribution in [2.45, 2.75) is 23.6 Å². The van der Waals surface area contributed by atoms with Crippen molar-refractivity contribution in [2.75, 3.05) is 0 Å².